The Hall–Kier alpha value is 0.0100. The highest BCUT2D eigenvalue weighted by molar-refractivity contribution is 9.10. The van der Waals surface area contributed by atoms with Crippen molar-refractivity contribution in [2.75, 3.05) is 18.6 Å². The molecule has 1 aliphatic rings. The zero-order valence-electron chi connectivity index (χ0n) is 8.92. The second kappa shape index (κ2) is 5.37. The maximum absolute atomic E-state index is 3.62. The average Bonchev–Trinajstić information content (AvgIpc) is 2.64. The Morgan fingerprint density at radius 2 is 2.40 bits per heavy atom. The van der Waals surface area contributed by atoms with Gasteiger partial charge in [0.2, 0.25) is 0 Å². The molecule has 0 saturated heterocycles. The van der Waals surface area contributed by atoms with Gasteiger partial charge in [-0.15, -0.1) is 0 Å². The van der Waals surface area contributed by atoms with E-state index in [4.69, 9.17) is 0 Å². The quantitative estimate of drug-likeness (QED) is 0.852. The molecule has 0 radical (unpaired) electrons. The van der Waals surface area contributed by atoms with Gasteiger partial charge in [0.25, 0.3) is 0 Å². The van der Waals surface area contributed by atoms with Gasteiger partial charge in [0.05, 0.1) is 0 Å². The molecule has 0 fully saturated rings. The predicted octanol–water partition coefficient (Wildman–Crippen LogP) is 3.39. The van der Waals surface area contributed by atoms with Crippen molar-refractivity contribution in [3.63, 3.8) is 0 Å². The highest BCUT2D eigenvalue weighted by atomic mass is 79.9. The number of hydrogen-bond donors (Lipinski definition) is 1. The topological polar surface area (TPSA) is 12.0 Å². The van der Waals surface area contributed by atoms with E-state index in [2.05, 4.69) is 45.7 Å². The predicted molar refractivity (Wildman–Crippen MR) is 71.6 cm³/mol. The van der Waals surface area contributed by atoms with E-state index >= 15 is 0 Å². The molecule has 0 aromatic heterocycles. The number of fused-ring (bicyclic) bond motifs is 1. The van der Waals surface area contributed by atoms with E-state index < -0.39 is 0 Å². The van der Waals surface area contributed by atoms with E-state index in [1.54, 1.807) is 0 Å². The molecular formula is C12H16BrNS. The molecule has 1 nitrogen and oxygen atoms in total. The fourth-order valence-corrected chi connectivity index (χ4v) is 3.06. The summed E-state index contributed by atoms with van der Waals surface area (Å²) in [4.78, 5) is 0. The van der Waals surface area contributed by atoms with E-state index in [1.807, 2.05) is 11.8 Å². The highest BCUT2D eigenvalue weighted by Gasteiger charge is 2.22. The van der Waals surface area contributed by atoms with E-state index in [1.165, 1.54) is 34.2 Å². The van der Waals surface area contributed by atoms with Crippen LogP contribution in [0.2, 0.25) is 0 Å². The van der Waals surface area contributed by atoms with Gasteiger partial charge in [-0.05, 0) is 36.3 Å². The first-order valence-electron chi connectivity index (χ1n) is 5.32. The van der Waals surface area contributed by atoms with Crippen LogP contribution in [0.3, 0.4) is 0 Å². The van der Waals surface area contributed by atoms with Crippen LogP contribution in [0.4, 0.5) is 0 Å². The summed E-state index contributed by atoms with van der Waals surface area (Å²) in [7, 11) is 0. The lowest BCUT2D eigenvalue weighted by Gasteiger charge is -2.13. The zero-order chi connectivity index (χ0) is 10.7. The van der Waals surface area contributed by atoms with Crippen LogP contribution in [-0.4, -0.2) is 18.6 Å². The highest BCUT2D eigenvalue weighted by Crippen LogP contribution is 2.35. The summed E-state index contributed by atoms with van der Waals surface area (Å²) in [6, 6.07) is 7.11. The lowest BCUT2D eigenvalue weighted by molar-refractivity contribution is 0.552. The van der Waals surface area contributed by atoms with Gasteiger partial charge in [0.15, 0.2) is 0 Å². The van der Waals surface area contributed by atoms with Gasteiger partial charge < -0.3 is 5.32 Å². The lowest BCUT2D eigenvalue weighted by Crippen LogP contribution is -2.21. The van der Waals surface area contributed by atoms with Gasteiger partial charge in [-0.2, -0.15) is 11.8 Å². The average molecular weight is 286 g/mol. The molecule has 3 heteroatoms. The largest absolute Gasteiger partial charge is 0.309 e. The molecule has 1 unspecified atom stereocenters. The molecule has 15 heavy (non-hydrogen) atoms. The molecular weight excluding hydrogens is 270 g/mol. The Kier molecular flexibility index (Phi) is 4.12. The summed E-state index contributed by atoms with van der Waals surface area (Å²) in [5.74, 6) is 1.19. The third-order valence-corrected chi connectivity index (χ3v) is 4.27. The van der Waals surface area contributed by atoms with Gasteiger partial charge >= 0.3 is 0 Å². The molecule has 1 N–H and O–H groups in total. The van der Waals surface area contributed by atoms with E-state index in [9.17, 15) is 0 Å². The standard InChI is InChI=1S/C12H16BrNS/c1-15-8-7-14-12-6-5-9-10(12)3-2-4-11(9)13/h2-4,12,14H,5-8H2,1H3. The number of benzene rings is 1. The Balaban J connectivity index is 2.05. The summed E-state index contributed by atoms with van der Waals surface area (Å²) in [5, 5.41) is 3.62. The molecule has 1 atom stereocenters. The maximum Gasteiger partial charge on any atom is 0.0326 e. The summed E-state index contributed by atoms with van der Waals surface area (Å²) in [6.07, 6.45) is 4.60. The maximum atomic E-state index is 3.62. The molecule has 1 aromatic rings. The van der Waals surface area contributed by atoms with Gasteiger partial charge in [-0.25, -0.2) is 0 Å². The molecule has 82 valence electrons. The molecule has 0 aliphatic heterocycles. The Labute approximate surface area is 104 Å². The van der Waals surface area contributed by atoms with Crippen molar-refractivity contribution >= 4 is 27.7 Å². The molecule has 0 bridgehead atoms. The minimum Gasteiger partial charge on any atom is -0.309 e. The fraction of sp³-hybridized carbons (Fsp3) is 0.500. The van der Waals surface area contributed by atoms with Crippen molar-refractivity contribution in [2.45, 2.75) is 18.9 Å². The van der Waals surface area contributed by atoms with E-state index in [-0.39, 0.29) is 0 Å². The van der Waals surface area contributed by atoms with Crippen LogP contribution in [0.5, 0.6) is 0 Å². The third-order valence-electron chi connectivity index (χ3n) is 2.91. The van der Waals surface area contributed by atoms with Crippen LogP contribution in [0, 0.1) is 0 Å². The minimum atomic E-state index is 0.574. The van der Waals surface area contributed by atoms with Crippen LogP contribution < -0.4 is 5.32 Å². The second-order valence-corrected chi connectivity index (χ2v) is 5.69. The Morgan fingerprint density at radius 1 is 1.53 bits per heavy atom. The third kappa shape index (κ3) is 2.58. The molecule has 1 aliphatic carbocycles. The number of halogens is 1. The van der Waals surface area contributed by atoms with Crippen LogP contribution in [0.15, 0.2) is 22.7 Å². The summed E-state index contributed by atoms with van der Waals surface area (Å²) >= 11 is 5.52. The smallest absolute Gasteiger partial charge is 0.0326 e. The minimum absolute atomic E-state index is 0.574. The Bertz CT molecular complexity index is 340. The van der Waals surface area contributed by atoms with Crippen LogP contribution in [0.1, 0.15) is 23.6 Å². The van der Waals surface area contributed by atoms with Gasteiger partial charge in [0.1, 0.15) is 0 Å². The molecule has 0 amide bonds. The Morgan fingerprint density at radius 3 is 3.20 bits per heavy atom. The first-order chi connectivity index (χ1) is 7.33. The SMILES string of the molecule is CSCCNC1CCc2c(Br)cccc21. The zero-order valence-corrected chi connectivity index (χ0v) is 11.3. The number of rotatable bonds is 4. The molecule has 0 saturated carbocycles. The number of nitrogens with one attached hydrogen (secondary N) is 1. The molecule has 2 rings (SSSR count). The summed E-state index contributed by atoms with van der Waals surface area (Å²) in [5.41, 5.74) is 2.99. The van der Waals surface area contributed by atoms with Gasteiger partial charge in [0, 0.05) is 22.8 Å². The number of hydrogen-bond acceptors (Lipinski definition) is 2. The van der Waals surface area contributed by atoms with Gasteiger partial charge in [-0.1, -0.05) is 28.1 Å². The fourth-order valence-electron chi connectivity index (χ4n) is 2.16. The van der Waals surface area contributed by atoms with Gasteiger partial charge in [-0.3, -0.25) is 0 Å². The van der Waals surface area contributed by atoms with Crippen LogP contribution >= 0.6 is 27.7 Å². The van der Waals surface area contributed by atoms with Crippen molar-refractivity contribution in [2.24, 2.45) is 0 Å². The lowest BCUT2D eigenvalue weighted by atomic mass is 10.1. The van der Waals surface area contributed by atoms with Crippen molar-refractivity contribution < 1.29 is 0 Å². The second-order valence-electron chi connectivity index (χ2n) is 3.85. The monoisotopic (exact) mass is 285 g/mol. The van der Waals surface area contributed by atoms with Crippen molar-refractivity contribution in [3.05, 3.63) is 33.8 Å². The first-order valence-corrected chi connectivity index (χ1v) is 7.51. The molecule has 1 aromatic carbocycles. The molecule has 0 spiro atoms. The summed E-state index contributed by atoms with van der Waals surface area (Å²) in [6.45, 7) is 1.11. The summed E-state index contributed by atoms with van der Waals surface area (Å²) < 4.78 is 1.27. The van der Waals surface area contributed by atoms with E-state index in [0.29, 0.717) is 6.04 Å². The van der Waals surface area contributed by atoms with Crippen LogP contribution in [-0.2, 0) is 6.42 Å². The van der Waals surface area contributed by atoms with Crippen molar-refractivity contribution in [3.8, 4) is 0 Å². The normalized spacial score (nSPS) is 19.2. The first kappa shape index (κ1) is 11.5. The molecule has 0 heterocycles. The van der Waals surface area contributed by atoms with Crippen molar-refractivity contribution in [1.29, 1.82) is 0 Å². The van der Waals surface area contributed by atoms with E-state index in [0.717, 1.165) is 6.54 Å². The number of thioether (sulfide) groups is 1. The van der Waals surface area contributed by atoms with Crippen molar-refractivity contribution in [1.82, 2.24) is 5.32 Å². The van der Waals surface area contributed by atoms with Crippen LogP contribution in [0.25, 0.3) is 0 Å².